The van der Waals surface area contributed by atoms with E-state index in [-0.39, 0.29) is 0 Å². The van der Waals surface area contributed by atoms with Crippen molar-refractivity contribution in [3.05, 3.63) is 0 Å². The monoisotopic (exact) mass is 376 g/mol. The van der Waals surface area contributed by atoms with Crippen molar-refractivity contribution in [2.75, 3.05) is 0 Å². The normalized spacial score (nSPS) is 16.2. The summed E-state index contributed by atoms with van der Waals surface area (Å²) in [5.41, 5.74) is -14.3. The molecule has 0 saturated heterocycles. The van der Waals surface area contributed by atoms with Crippen LogP contribution < -0.4 is 0 Å². The Labute approximate surface area is 120 Å². The average Bonchev–Trinajstić information content (AvgIpc) is 2.17. The van der Waals surface area contributed by atoms with Crippen LogP contribution in [0.15, 0.2) is 0 Å². The van der Waals surface area contributed by atoms with Crippen LogP contribution in [0.2, 0.25) is 0 Å². The van der Waals surface area contributed by atoms with E-state index < -0.39 is 48.1 Å². The summed E-state index contributed by atoms with van der Waals surface area (Å²) in [5, 5.41) is 0. The molecule has 23 heavy (non-hydrogen) atoms. The zero-order valence-electron chi connectivity index (χ0n) is 11.2. The Morgan fingerprint density at radius 3 is 0.913 bits per heavy atom. The van der Waals surface area contributed by atoms with Crippen molar-refractivity contribution in [1.82, 2.24) is 0 Å². The maximum Gasteiger partial charge on any atom is 0.432 e. The van der Waals surface area contributed by atoms with Gasteiger partial charge in [0.15, 0.2) is 0 Å². The van der Waals surface area contributed by atoms with E-state index in [0.29, 0.717) is 13.8 Å². The van der Waals surface area contributed by atoms with E-state index in [1.54, 1.807) is 0 Å². The third-order valence-corrected chi connectivity index (χ3v) is 3.05. The molecule has 0 aromatic rings. The Morgan fingerprint density at radius 1 is 0.522 bits per heavy atom. The summed E-state index contributed by atoms with van der Waals surface area (Å²) >= 11 is 0. The molecule has 0 radical (unpaired) electrons. The number of rotatable bonds is 3. The van der Waals surface area contributed by atoms with Crippen molar-refractivity contribution in [2.45, 2.75) is 50.6 Å². The summed E-state index contributed by atoms with van der Waals surface area (Å²) in [6.45, 7) is 0.999. The smallest absolute Gasteiger partial charge is 0.222 e. The first-order chi connectivity index (χ1) is 9.67. The molecule has 0 aromatic carbocycles. The van der Waals surface area contributed by atoms with Gasteiger partial charge in [-0.1, -0.05) is 13.8 Å². The lowest BCUT2D eigenvalue weighted by molar-refractivity contribution is -0.469. The zero-order chi connectivity index (χ0) is 19.3. The summed E-state index contributed by atoms with van der Waals surface area (Å²) in [5.74, 6) is -1.99. The molecule has 0 aliphatic rings. The van der Waals surface area contributed by atoms with Crippen LogP contribution in [0.5, 0.6) is 0 Å². The Hall–Kier alpha value is -0.910. The number of alkyl halides is 13. The zero-order valence-corrected chi connectivity index (χ0v) is 11.2. The molecule has 0 nitrogen and oxygen atoms in total. The van der Waals surface area contributed by atoms with Gasteiger partial charge in [-0.05, 0) is 12.3 Å². The predicted octanol–water partition coefficient (Wildman–Crippen LogP) is 5.98. The van der Waals surface area contributed by atoms with Crippen LogP contribution >= 0.6 is 0 Å². The van der Waals surface area contributed by atoms with Crippen molar-refractivity contribution < 1.29 is 57.1 Å². The minimum absolute atomic E-state index is 0.499. The number of hydrogen-bond acceptors (Lipinski definition) is 0. The van der Waals surface area contributed by atoms with Crippen molar-refractivity contribution >= 4 is 0 Å². The molecule has 0 spiro atoms. The average molecular weight is 376 g/mol. The highest BCUT2D eigenvalue weighted by Crippen LogP contribution is 2.69. The highest BCUT2D eigenvalue weighted by Gasteiger charge is 2.94. The van der Waals surface area contributed by atoms with Gasteiger partial charge in [-0.25, -0.2) is 4.39 Å². The summed E-state index contributed by atoms with van der Waals surface area (Å²) in [6.07, 6.45) is -32.2. The highest BCUT2D eigenvalue weighted by atomic mass is 19.4. The van der Waals surface area contributed by atoms with Gasteiger partial charge in [0.05, 0.1) is 0 Å². The largest absolute Gasteiger partial charge is 0.432 e. The lowest BCUT2D eigenvalue weighted by atomic mass is 9.65. The van der Waals surface area contributed by atoms with Crippen LogP contribution in [-0.2, 0) is 0 Å². The third kappa shape index (κ3) is 3.19. The van der Waals surface area contributed by atoms with Gasteiger partial charge in [0.25, 0.3) is 0 Å². The van der Waals surface area contributed by atoms with E-state index in [2.05, 4.69) is 0 Å². The lowest BCUT2D eigenvalue weighted by Gasteiger charge is -2.48. The molecule has 0 amide bonds. The predicted molar refractivity (Wildman–Crippen MR) is 49.9 cm³/mol. The maximum absolute atomic E-state index is 13.8. The van der Waals surface area contributed by atoms with Gasteiger partial charge in [-0.2, -0.15) is 52.7 Å². The molecule has 0 heterocycles. The molecule has 0 N–H and O–H groups in total. The molecule has 0 aromatic heterocycles. The molecule has 0 saturated carbocycles. The first kappa shape index (κ1) is 22.1. The van der Waals surface area contributed by atoms with E-state index in [1.165, 1.54) is 0 Å². The van der Waals surface area contributed by atoms with E-state index in [1.807, 2.05) is 0 Å². The maximum atomic E-state index is 13.8. The van der Waals surface area contributed by atoms with E-state index in [0.717, 1.165) is 0 Å². The highest BCUT2D eigenvalue weighted by molar-refractivity contribution is 5.15. The first-order valence-electron chi connectivity index (χ1n) is 5.62. The second-order valence-corrected chi connectivity index (χ2v) is 5.15. The van der Waals surface area contributed by atoms with Crippen molar-refractivity contribution in [3.63, 3.8) is 0 Å². The minimum Gasteiger partial charge on any atom is -0.222 e. The fourth-order valence-electron chi connectivity index (χ4n) is 2.18. The van der Waals surface area contributed by atoms with Crippen molar-refractivity contribution in [1.29, 1.82) is 0 Å². The summed E-state index contributed by atoms with van der Waals surface area (Å²) in [7, 11) is 0. The van der Waals surface area contributed by atoms with Gasteiger partial charge in [0, 0.05) is 0 Å². The first-order valence-corrected chi connectivity index (χ1v) is 5.62. The summed E-state index contributed by atoms with van der Waals surface area (Å²) in [6, 6.07) is 0. The Morgan fingerprint density at radius 2 is 0.783 bits per heavy atom. The Kier molecular flexibility index (Phi) is 5.35. The summed E-state index contributed by atoms with van der Waals surface area (Å²) < 4.78 is 166. The van der Waals surface area contributed by atoms with E-state index in [9.17, 15) is 57.1 Å². The minimum atomic E-state index is -7.56. The number of hydrogen-bond donors (Lipinski definition) is 0. The van der Waals surface area contributed by atoms with Gasteiger partial charge >= 0.3 is 30.4 Å². The second kappa shape index (κ2) is 5.57. The molecule has 0 atom stereocenters. The molecule has 0 aliphatic heterocycles. The molecule has 0 bridgehead atoms. The van der Waals surface area contributed by atoms with Crippen LogP contribution in [0.4, 0.5) is 57.1 Å². The van der Waals surface area contributed by atoms with Gasteiger partial charge in [-0.3, -0.25) is 0 Å². The molecule has 13 heteroatoms. The quantitative estimate of drug-likeness (QED) is 0.532. The van der Waals surface area contributed by atoms with Gasteiger partial charge in [0.1, 0.15) is 0 Å². The molecule has 0 unspecified atom stereocenters. The Bertz CT molecular complexity index is 376. The van der Waals surface area contributed by atoms with Crippen molar-refractivity contribution in [2.24, 2.45) is 11.3 Å². The van der Waals surface area contributed by atoms with E-state index in [4.69, 9.17) is 0 Å². The van der Waals surface area contributed by atoms with Crippen LogP contribution in [0, 0.1) is 11.3 Å². The molecular formula is C10H9F13. The molecular weight excluding hydrogens is 367 g/mol. The standard InChI is InChI=1S/C10H9F13/c1-4(2)3-5(7(12,13)14,8(15,16)17)6(11,9(18,19)20)10(21,22)23/h4H,3H2,1-2H3. The number of halogens is 13. The van der Waals surface area contributed by atoms with E-state index >= 15 is 0 Å². The van der Waals surface area contributed by atoms with Gasteiger partial charge in [-0.15, -0.1) is 0 Å². The molecule has 0 aliphatic carbocycles. The van der Waals surface area contributed by atoms with Crippen LogP contribution in [0.3, 0.4) is 0 Å². The SMILES string of the molecule is CC(C)CC(C(F)(F)F)(C(F)(F)F)C(F)(C(F)(F)F)C(F)(F)F. The summed E-state index contributed by atoms with van der Waals surface area (Å²) in [4.78, 5) is 0. The topological polar surface area (TPSA) is 0 Å². The van der Waals surface area contributed by atoms with Crippen LogP contribution in [-0.4, -0.2) is 30.4 Å². The fraction of sp³-hybridized carbons (Fsp3) is 1.00. The van der Waals surface area contributed by atoms with Gasteiger partial charge in [0.2, 0.25) is 5.41 Å². The van der Waals surface area contributed by atoms with Crippen LogP contribution in [0.25, 0.3) is 0 Å². The molecule has 0 fully saturated rings. The molecule has 0 rings (SSSR count). The third-order valence-electron chi connectivity index (χ3n) is 3.05. The Balaban J connectivity index is 7.12. The van der Waals surface area contributed by atoms with Gasteiger partial charge < -0.3 is 0 Å². The van der Waals surface area contributed by atoms with Crippen molar-refractivity contribution in [3.8, 4) is 0 Å². The second-order valence-electron chi connectivity index (χ2n) is 5.15. The molecule has 140 valence electrons. The lowest BCUT2D eigenvalue weighted by Crippen LogP contribution is -2.73. The fourth-order valence-corrected chi connectivity index (χ4v) is 2.18. The van der Waals surface area contributed by atoms with Crippen LogP contribution in [0.1, 0.15) is 20.3 Å².